The van der Waals surface area contributed by atoms with Crippen LogP contribution in [-0.2, 0) is 4.74 Å². The summed E-state index contributed by atoms with van der Waals surface area (Å²) in [5, 5.41) is 3.68. The van der Waals surface area contributed by atoms with Gasteiger partial charge in [0.1, 0.15) is 11.9 Å². The maximum absolute atomic E-state index is 5.47. The number of aromatic nitrogens is 2. The first-order chi connectivity index (χ1) is 16.8. The van der Waals surface area contributed by atoms with E-state index < -0.39 is 0 Å². The quantitative estimate of drug-likeness (QED) is 0.604. The highest BCUT2D eigenvalue weighted by Gasteiger charge is 2.35. The minimum atomic E-state index is -0.0869. The van der Waals surface area contributed by atoms with E-state index in [9.17, 15) is 0 Å². The van der Waals surface area contributed by atoms with Gasteiger partial charge in [-0.15, -0.1) is 0 Å². The summed E-state index contributed by atoms with van der Waals surface area (Å²) >= 11 is 0. The Balaban J connectivity index is 1.26. The molecule has 1 fully saturated rings. The van der Waals surface area contributed by atoms with E-state index in [2.05, 4.69) is 54.9 Å². The molecule has 1 aromatic heterocycles. The van der Waals surface area contributed by atoms with Gasteiger partial charge in [-0.2, -0.15) is 0 Å². The van der Waals surface area contributed by atoms with Gasteiger partial charge < -0.3 is 14.8 Å². The van der Waals surface area contributed by atoms with Crippen LogP contribution in [0.4, 0.5) is 5.95 Å². The molecule has 0 aliphatic carbocycles. The molecule has 6 rings (SSSR count). The van der Waals surface area contributed by atoms with Gasteiger partial charge in [-0.1, -0.05) is 24.3 Å². The van der Waals surface area contributed by atoms with Crippen molar-refractivity contribution in [1.29, 1.82) is 0 Å². The van der Waals surface area contributed by atoms with Crippen molar-refractivity contribution in [3.8, 4) is 5.75 Å². The summed E-state index contributed by atoms with van der Waals surface area (Å²) in [7, 11) is 1.69. The molecule has 178 valence electrons. The summed E-state index contributed by atoms with van der Waals surface area (Å²) < 4.78 is 13.1. The van der Waals surface area contributed by atoms with Gasteiger partial charge in [0.05, 0.1) is 44.7 Å². The van der Waals surface area contributed by atoms with Crippen molar-refractivity contribution in [2.45, 2.75) is 12.6 Å². The molecule has 0 saturated carbocycles. The van der Waals surface area contributed by atoms with E-state index in [-0.39, 0.29) is 6.17 Å². The standard InChI is InChI=1S/C25H31N7O2/c1-33-20-9-7-19(8-10-20)23-28-24-26-17-30(12-4-11-29-13-15-34-16-14-29)18-31(24)25-27-21-5-2-3-6-22(21)32(23)25/h2-3,5-10,23H,4,11-18H2,1H3,(H,26,28)/t23-/m0/s1. The zero-order valence-corrected chi connectivity index (χ0v) is 19.6. The second-order valence-electron chi connectivity index (χ2n) is 8.99. The second-order valence-corrected chi connectivity index (χ2v) is 8.99. The Labute approximate surface area is 199 Å². The van der Waals surface area contributed by atoms with Crippen molar-refractivity contribution in [3.05, 3.63) is 54.1 Å². The van der Waals surface area contributed by atoms with E-state index in [0.29, 0.717) is 6.67 Å². The number of fused-ring (bicyclic) bond motifs is 5. The van der Waals surface area contributed by atoms with Crippen LogP contribution in [0.25, 0.3) is 11.0 Å². The fourth-order valence-electron chi connectivity index (χ4n) is 5.01. The number of guanidine groups is 1. The number of rotatable bonds is 6. The molecule has 9 nitrogen and oxygen atoms in total. The molecule has 0 amide bonds. The first-order valence-electron chi connectivity index (χ1n) is 12.0. The molecule has 0 unspecified atom stereocenters. The number of benzene rings is 2. The molecule has 3 aliphatic rings. The van der Waals surface area contributed by atoms with E-state index in [1.807, 2.05) is 18.2 Å². The maximum atomic E-state index is 5.47. The second kappa shape index (κ2) is 9.25. The Kier molecular flexibility index (Phi) is 5.82. The highest BCUT2D eigenvalue weighted by molar-refractivity contribution is 5.98. The number of ether oxygens (including phenoxy) is 2. The predicted octanol–water partition coefficient (Wildman–Crippen LogP) is 2.31. The Morgan fingerprint density at radius 2 is 1.82 bits per heavy atom. The molecular formula is C25H31N7O2. The van der Waals surface area contributed by atoms with Crippen molar-refractivity contribution >= 4 is 22.9 Å². The van der Waals surface area contributed by atoms with E-state index in [1.165, 1.54) is 0 Å². The third-order valence-corrected chi connectivity index (χ3v) is 6.84. The average Bonchev–Trinajstić information content (AvgIpc) is 3.29. The number of aliphatic imine (C=N–C) groups is 1. The highest BCUT2D eigenvalue weighted by Crippen LogP contribution is 2.34. The van der Waals surface area contributed by atoms with Crippen LogP contribution in [0.2, 0.25) is 0 Å². The lowest BCUT2D eigenvalue weighted by atomic mass is 10.1. The van der Waals surface area contributed by atoms with Gasteiger partial charge in [0.2, 0.25) is 11.9 Å². The van der Waals surface area contributed by atoms with Gasteiger partial charge >= 0.3 is 0 Å². The molecule has 1 N–H and O–H groups in total. The zero-order valence-electron chi connectivity index (χ0n) is 19.6. The van der Waals surface area contributed by atoms with Crippen LogP contribution in [0.5, 0.6) is 5.75 Å². The summed E-state index contributed by atoms with van der Waals surface area (Å²) in [5.41, 5.74) is 3.23. The van der Waals surface area contributed by atoms with Gasteiger partial charge in [-0.05, 0) is 42.8 Å². The molecule has 1 atom stereocenters. The largest absolute Gasteiger partial charge is 0.497 e. The van der Waals surface area contributed by atoms with E-state index in [4.69, 9.17) is 19.5 Å². The average molecular weight is 462 g/mol. The zero-order chi connectivity index (χ0) is 22.9. The highest BCUT2D eigenvalue weighted by atomic mass is 16.5. The first-order valence-corrected chi connectivity index (χ1v) is 12.0. The third kappa shape index (κ3) is 4.00. The number of nitrogens with zero attached hydrogens (tertiary/aromatic N) is 6. The van der Waals surface area contributed by atoms with Crippen LogP contribution < -0.4 is 15.0 Å². The van der Waals surface area contributed by atoms with E-state index in [0.717, 1.165) is 86.7 Å². The van der Waals surface area contributed by atoms with Crippen LogP contribution in [0, 0.1) is 0 Å². The lowest BCUT2D eigenvalue weighted by Crippen LogP contribution is -2.57. The predicted molar refractivity (Wildman–Crippen MR) is 132 cm³/mol. The molecular weight excluding hydrogens is 430 g/mol. The number of hydrogen-bond acceptors (Lipinski definition) is 8. The Morgan fingerprint density at radius 1 is 1.03 bits per heavy atom. The van der Waals surface area contributed by atoms with Crippen molar-refractivity contribution in [2.24, 2.45) is 4.99 Å². The maximum Gasteiger partial charge on any atom is 0.216 e. The SMILES string of the molecule is COc1ccc([C@H]2NC3=NCN(CCCN4CCOCC4)CN3c3nc4ccccc4n32)cc1. The molecule has 3 aliphatic heterocycles. The molecule has 1 saturated heterocycles. The van der Waals surface area contributed by atoms with Gasteiger partial charge in [0, 0.05) is 19.6 Å². The Hall–Kier alpha value is -3.14. The number of hydrogen-bond donors (Lipinski definition) is 1. The van der Waals surface area contributed by atoms with Crippen molar-refractivity contribution in [1.82, 2.24) is 24.7 Å². The smallest absolute Gasteiger partial charge is 0.216 e. The van der Waals surface area contributed by atoms with E-state index in [1.54, 1.807) is 7.11 Å². The van der Waals surface area contributed by atoms with Crippen molar-refractivity contribution in [2.75, 3.05) is 64.7 Å². The van der Waals surface area contributed by atoms with E-state index >= 15 is 0 Å². The van der Waals surface area contributed by atoms with Gasteiger partial charge in [0.25, 0.3) is 0 Å². The number of morpholine rings is 1. The molecule has 3 aromatic rings. The summed E-state index contributed by atoms with van der Waals surface area (Å²) in [4.78, 5) is 17.0. The summed E-state index contributed by atoms with van der Waals surface area (Å²) in [6.07, 6.45) is 1.04. The summed E-state index contributed by atoms with van der Waals surface area (Å²) in [6, 6.07) is 16.5. The summed E-state index contributed by atoms with van der Waals surface area (Å²) in [6.45, 7) is 7.35. The van der Waals surface area contributed by atoms with Gasteiger partial charge in [-0.3, -0.25) is 19.3 Å². The fraction of sp³-hybridized carbons (Fsp3) is 0.440. The normalized spacial score (nSPS) is 21.0. The Bertz CT molecular complexity index is 1170. The van der Waals surface area contributed by atoms with Crippen LogP contribution in [0.1, 0.15) is 18.2 Å². The molecule has 0 spiro atoms. The number of para-hydroxylation sites is 2. The number of methoxy groups -OCH3 is 1. The number of nitrogens with one attached hydrogen (secondary N) is 1. The molecule has 2 aromatic carbocycles. The van der Waals surface area contributed by atoms with Crippen LogP contribution in [-0.4, -0.2) is 85.2 Å². The topological polar surface area (TPSA) is 70.4 Å². The van der Waals surface area contributed by atoms with Crippen molar-refractivity contribution < 1.29 is 9.47 Å². The van der Waals surface area contributed by atoms with Crippen LogP contribution in [0.15, 0.2) is 53.5 Å². The van der Waals surface area contributed by atoms with Gasteiger partial charge in [0.15, 0.2) is 0 Å². The molecule has 34 heavy (non-hydrogen) atoms. The summed E-state index contributed by atoms with van der Waals surface area (Å²) in [5.74, 6) is 2.66. The minimum absolute atomic E-state index is 0.0869. The molecule has 0 radical (unpaired) electrons. The lowest BCUT2D eigenvalue weighted by Gasteiger charge is -2.42. The number of anilines is 1. The lowest BCUT2D eigenvalue weighted by molar-refractivity contribution is 0.0361. The van der Waals surface area contributed by atoms with Crippen LogP contribution in [0.3, 0.4) is 0 Å². The molecule has 4 heterocycles. The molecule has 0 bridgehead atoms. The monoisotopic (exact) mass is 461 g/mol. The minimum Gasteiger partial charge on any atom is -0.497 e. The first kappa shape index (κ1) is 21.4. The third-order valence-electron chi connectivity index (χ3n) is 6.84. The fourth-order valence-corrected chi connectivity index (χ4v) is 5.01. The molecule has 9 heteroatoms. The van der Waals surface area contributed by atoms with Crippen LogP contribution >= 0.6 is 0 Å². The van der Waals surface area contributed by atoms with Crippen molar-refractivity contribution in [3.63, 3.8) is 0 Å². The number of imidazole rings is 1. The van der Waals surface area contributed by atoms with Gasteiger partial charge in [-0.25, -0.2) is 9.98 Å². The Morgan fingerprint density at radius 3 is 2.65 bits per heavy atom.